The number of carbonyl (C=O) groups excluding carboxylic acids is 1. The highest BCUT2D eigenvalue weighted by Crippen LogP contribution is 2.25. The average molecular weight is 450 g/mol. The van der Waals surface area contributed by atoms with Crippen LogP contribution < -0.4 is 10.0 Å². The van der Waals surface area contributed by atoms with Crippen LogP contribution in [0.25, 0.3) is 11.1 Å². The van der Waals surface area contributed by atoms with Gasteiger partial charge in [-0.25, -0.2) is 18.1 Å². The Balaban J connectivity index is 1.52. The number of sulfonamides is 1. The number of halogens is 1. The standard InChI is InChI=1S/C20H20ClN3O5S/c1-12-23-17-10-14(5-7-18(17)29-12)24-20(25)13-4-6-16(21)19(9-13)30(26,27)22-11-15-3-2-8-28-15/h4-7,9-10,15,22H,2-3,8,11H2,1H3,(H,24,25)/t15-/m1/s1. The van der Waals surface area contributed by atoms with Crippen LogP contribution in [0.15, 0.2) is 45.7 Å². The Morgan fingerprint density at radius 1 is 1.27 bits per heavy atom. The molecule has 1 aliphatic rings. The van der Waals surface area contributed by atoms with Crippen molar-refractivity contribution in [2.45, 2.75) is 30.8 Å². The molecular weight excluding hydrogens is 430 g/mol. The summed E-state index contributed by atoms with van der Waals surface area (Å²) in [6.07, 6.45) is 1.55. The smallest absolute Gasteiger partial charge is 0.255 e. The fourth-order valence-corrected chi connectivity index (χ4v) is 4.85. The van der Waals surface area contributed by atoms with Gasteiger partial charge >= 0.3 is 0 Å². The monoisotopic (exact) mass is 449 g/mol. The number of nitrogens with zero attached hydrogens (tertiary/aromatic N) is 1. The zero-order chi connectivity index (χ0) is 21.3. The molecule has 1 aromatic heterocycles. The minimum Gasteiger partial charge on any atom is -0.441 e. The van der Waals surface area contributed by atoms with Crippen LogP contribution in [0.3, 0.4) is 0 Å². The van der Waals surface area contributed by atoms with Crippen LogP contribution >= 0.6 is 11.6 Å². The summed E-state index contributed by atoms with van der Waals surface area (Å²) >= 11 is 6.11. The molecule has 2 heterocycles. The van der Waals surface area contributed by atoms with E-state index in [0.717, 1.165) is 12.8 Å². The van der Waals surface area contributed by atoms with E-state index in [1.54, 1.807) is 25.1 Å². The predicted molar refractivity (Wildman–Crippen MR) is 112 cm³/mol. The zero-order valence-electron chi connectivity index (χ0n) is 16.1. The molecule has 2 N–H and O–H groups in total. The Kier molecular flexibility index (Phi) is 5.79. The molecule has 0 bridgehead atoms. The maximum Gasteiger partial charge on any atom is 0.255 e. The Hall–Kier alpha value is -2.46. The fraction of sp³-hybridized carbons (Fsp3) is 0.300. The second-order valence-electron chi connectivity index (χ2n) is 7.00. The van der Waals surface area contributed by atoms with Crippen molar-refractivity contribution in [1.82, 2.24) is 9.71 Å². The molecule has 30 heavy (non-hydrogen) atoms. The molecule has 8 nitrogen and oxygen atoms in total. The third-order valence-electron chi connectivity index (χ3n) is 4.76. The lowest BCUT2D eigenvalue weighted by molar-refractivity contribution is 0.102. The second kappa shape index (κ2) is 8.35. The van der Waals surface area contributed by atoms with Crippen molar-refractivity contribution < 1.29 is 22.4 Å². The first-order valence-corrected chi connectivity index (χ1v) is 11.3. The van der Waals surface area contributed by atoms with Gasteiger partial charge in [-0.2, -0.15) is 0 Å². The number of hydrogen-bond acceptors (Lipinski definition) is 6. The maximum atomic E-state index is 12.7. The highest BCUT2D eigenvalue weighted by molar-refractivity contribution is 7.89. The van der Waals surface area contributed by atoms with Gasteiger partial charge in [-0.1, -0.05) is 11.6 Å². The van der Waals surface area contributed by atoms with Crippen LogP contribution in [0.5, 0.6) is 0 Å². The molecule has 4 rings (SSSR count). The first-order chi connectivity index (χ1) is 14.3. The molecule has 3 aromatic rings. The molecular formula is C20H20ClN3O5S. The van der Waals surface area contributed by atoms with E-state index in [-0.39, 0.29) is 28.1 Å². The number of ether oxygens (including phenoxy) is 1. The molecule has 1 amide bonds. The molecule has 0 aliphatic carbocycles. The molecule has 1 atom stereocenters. The van der Waals surface area contributed by atoms with Gasteiger partial charge in [0.1, 0.15) is 10.4 Å². The number of fused-ring (bicyclic) bond motifs is 1. The third kappa shape index (κ3) is 4.49. The number of nitrogens with one attached hydrogen (secondary N) is 2. The molecule has 0 spiro atoms. The summed E-state index contributed by atoms with van der Waals surface area (Å²) in [7, 11) is -3.90. The highest BCUT2D eigenvalue weighted by Gasteiger charge is 2.23. The summed E-state index contributed by atoms with van der Waals surface area (Å²) in [4.78, 5) is 16.8. The summed E-state index contributed by atoms with van der Waals surface area (Å²) in [6.45, 7) is 2.52. The number of anilines is 1. The Labute approximate surface area is 178 Å². The normalized spacial score (nSPS) is 16.8. The van der Waals surface area contributed by atoms with Gasteiger partial charge in [0.2, 0.25) is 10.0 Å². The largest absolute Gasteiger partial charge is 0.441 e. The van der Waals surface area contributed by atoms with Gasteiger partial charge in [0.25, 0.3) is 5.91 Å². The van der Waals surface area contributed by atoms with Gasteiger partial charge in [-0.15, -0.1) is 0 Å². The minimum absolute atomic E-state index is 0.0332. The Morgan fingerprint density at radius 2 is 2.10 bits per heavy atom. The minimum atomic E-state index is -3.90. The summed E-state index contributed by atoms with van der Waals surface area (Å²) in [5.74, 6) is 0.0540. The van der Waals surface area contributed by atoms with E-state index in [1.165, 1.54) is 18.2 Å². The molecule has 1 fully saturated rings. The SMILES string of the molecule is Cc1nc2cc(NC(=O)c3ccc(Cl)c(S(=O)(=O)NC[C@H]4CCCO4)c3)ccc2o1. The maximum absolute atomic E-state index is 12.7. The lowest BCUT2D eigenvalue weighted by atomic mass is 10.2. The molecule has 2 aromatic carbocycles. The lowest BCUT2D eigenvalue weighted by Crippen LogP contribution is -2.32. The Morgan fingerprint density at radius 3 is 2.87 bits per heavy atom. The number of oxazole rings is 1. The van der Waals surface area contributed by atoms with Crippen LogP contribution in [0.4, 0.5) is 5.69 Å². The quantitative estimate of drug-likeness (QED) is 0.595. The van der Waals surface area contributed by atoms with Gasteiger partial charge in [0, 0.05) is 31.3 Å². The van der Waals surface area contributed by atoms with E-state index in [4.69, 9.17) is 20.8 Å². The summed E-state index contributed by atoms with van der Waals surface area (Å²) < 4.78 is 38.7. The van der Waals surface area contributed by atoms with Crippen molar-refractivity contribution in [3.8, 4) is 0 Å². The molecule has 1 aliphatic heterocycles. The molecule has 158 valence electrons. The van der Waals surface area contributed by atoms with Crippen LogP contribution in [0, 0.1) is 6.92 Å². The highest BCUT2D eigenvalue weighted by atomic mass is 35.5. The van der Waals surface area contributed by atoms with Gasteiger partial charge in [-0.3, -0.25) is 4.79 Å². The van der Waals surface area contributed by atoms with E-state index in [9.17, 15) is 13.2 Å². The number of carbonyl (C=O) groups is 1. The number of amides is 1. The van der Waals surface area contributed by atoms with Crippen molar-refractivity contribution in [2.75, 3.05) is 18.5 Å². The van der Waals surface area contributed by atoms with E-state index >= 15 is 0 Å². The van der Waals surface area contributed by atoms with Crippen LogP contribution in [0.1, 0.15) is 29.1 Å². The number of rotatable bonds is 6. The summed E-state index contributed by atoms with van der Waals surface area (Å²) in [5.41, 5.74) is 1.90. The van der Waals surface area contributed by atoms with Crippen molar-refractivity contribution in [3.05, 3.63) is 52.9 Å². The van der Waals surface area contributed by atoms with Crippen molar-refractivity contribution in [2.24, 2.45) is 0 Å². The van der Waals surface area contributed by atoms with Crippen LogP contribution in [0.2, 0.25) is 5.02 Å². The van der Waals surface area contributed by atoms with Crippen molar-refractivity contribution in [1.29, 1.82) is 0 Å². The van der Waals surface area contributed by atoms with E-state index in [0.29, 0.717) is 29.3 Å². The Bertz CT molecular complexity index is 1200. The third-order valence-corrected chi connectivity index (χ3v) is 6.67. The lowest BCUT2D eigenvalue weighted by Gasteiger charge is -2.13. The first-order valence-electron chi connectivity index (χ1n) is 9.41. The van der Waals surface area contributed by atoms with Crippen LogP contribution in [-0.4, -0.2) is 38.6 Å². The van der Waals surface area contributed by atoms with Gasteiger partial charge in [0.15, 0.2) is 11.5 Å². The molecule has 10 heteroatoms. The topological polar surface area (TPSA) is 111 Å². The van der Waals surface area contributed by atoms with Crippen LogP contribution in [-0.2, 0) is 14.8 Å². The van der Waals surface area contributed by atoms with E-state index < -0.39 is 15.9 Å². The van der Waals surface area contributed by atoms with Gasteiger partial charge in [0.05, 0.1) is 11.1 Å². The number of benzene rings is 2. The number of aryl methyl sites for hydroxylation is 1. The van der Waals surface area contributed by atoms with Crippen molar-refractivity contribution in [3.63, 3.8) is 0 Å². The summed E-state index contributed by atoms with van der Waals surface area (Å²) in [5, 5.41) is 2.77. The number of aromatic nitrogens is 1. The summed E-state index contributed by atoms with van der Waals surface area (Å²) in [6, 6.07) is 9.19. The average Bonchev–Trinajstić information content (AvgIpc) is 3.35. The molecule has 0 unspecified atom stereocenters. The first kappa shape index (κ1) is 20.8. The zero-order valence-corrected chi connectivity index (χ0v) is 17.7. The molecule has 0 saturated carbocycles. The van der Waals surface area contributed by atoms with Gasteiger partial charge in [-0.05, 0) is 49.2 Å². The predicted octanol–water partition coefficient (Wildman–Crippen LogP) is 3.50. The van der Waals surface area contributed by atoms with E-state index in [1.807, 2.05) is 0 Å². The fourth-order valence-electron chi connectivity index (χ4n) is 3.26. The van der Waals surface area contributed by atoms with Gasteiger partial charge < -0.3 is 14.5 Å². The van der Waals surface area contributed by atoms with Crippen molar-refractivity contribution >= 4 is 44.3 Å². The van der Waals surface area contributed by atoms with E-state index in [2.05, 4.69) is 15.0 Å². The number of hydrogen-bond donors (Lipinski definition) is 2. The second-order valence-corrected chi connectivity index (χ2v) is 9.14. The molecule has 0 radical (unpaired) electrons. The molecule has 1 saturated heterocycles.